The summed E-state index contributed by atoms with van der Waals surface area (Å²) in [6, 6.07) is 107. The molecular weight excluding hydrogens is 957 g/mol. The Morgan fingerprint density at radius 2 is 0.759 bits per heavy atom. The molecule has 0 amide bonds. The van der Waals surface area contributed by atoms with Crippen molar-refractivity contribution < 1.29 is 4.42 Å². The molecule has 0 N–H and O–H groups in total. The van der Waals surface area contributed by atoms with Crippen molar-refractivity contribution in [3.63, 3.8) is 0 Å². The maximum Gasteiger partial charge on any atom is 0.137 e. The molecule has 1 heterocycles. The van der Waals surface area contributed by atoms with Crippen LogP contribution in [-0.2, 0) is 10.8 Å². The molecule has 13 aromatic rings. The van der Waals surface area contributed by atoms with Gasteiger partial charge in [-0.2, -0.15) is 0 Å². The van der Waals surface area contributed by atoms with Gasteiger partial charge in [0.25, 0.3) is 0 Å². The molecule has 374 valence electrons. The van der Waals surface area contributed by atoms with Crippen molar-refractivity contribution in [2.45, 2.75) is 24.7 Å². The Balaban J connectivity index is 0.962. The Labute approximate surface area is 461 Å². The normalized spacial score (nSPS) is 13.4. The van der Waals surface area contributed by atoms with Crippen LogP contribution in [-0.4, -0.2) is 0 Å². The van der Waals surface area contributed by atoms with Crippen LogP contribution in [0.3, 0.4) is 0 Å². The number of benzene rings is 12. The molecule has 0 unspecified atom stereocenters. The Morgan fingerprint density at radius 3 is 1.48 bits per heavy atom. The molecule has 0 radical (unpaired) electrons. The lowest BCUT2D eigenvalue weighted by atomic mass is 9.67. The van der Waals surface area contributed by atoms with Gasteiger partial charge in [-0.25, -0.2) is 0 Å². The summed E-state index contributed by atoms with van der Waals surface area (Å²) < 4.78 is 6.68. The van der Waals surface area contributed by atoms with Crippen molar-refractivity contribution in [3.05, 3.63) is 325 Å². The van der Waals surface area contributed by atoms with Crippen molar-refractivity contribution in [1.82, 2.24) is 0 Å². The van der Waals surface area contributed by atoms with Gasteiger partial charge in [0.15, 0.2) is 0 Å². The number of furan rings is 1. The van der Waals surface area contributed by atoms with Gasteiger partial charge in [-0.1, -0.05) is 238 Å². The number of hydrogen-bond donors (Lipinski definition) is 0. The molecular formula is C76H54N2O. The minimum absolute atomic E-state index is 0.201. The first kappa shape index (κ1) is 46.4. The van der Waals surface area contributed by atoms with Crippen LogP contribution >= 0.6 is 0 Å². The molecule has 2 aliphatic rings. The second-order valence-electron chi connectivity index (χ2n) is 21.6. The Morgan fingerprint density at radius 1 is 0.291 bits per heavy atom. The second kappa shape index (κ2) is 18.4. The third-order valence-electron chi connectivity index (χ3n) is 16.9. The van der Waals surface area contributed by atoms with Crippen LogP contribution in [0.15, 0.2) is 296 Å². The van der Waals surface area contributed by atoms with E-state index < -0.39 is 5.41 Å². The van der Waals surface area contributed by atoms with Gasteiger partial charge >= 0.3 is 0 Å². The summed E-state index contributed by atoms with van der Waals surface area (Å²) in [4.78, 5) is 4.93. The van der Waals surface area contributed by atoms with E-state index in [1.165, 1.54) is 66.8 Å². The lowest BCUT2D eigenvalue weighted by molar-refractivity contribution is 0.660. The van der Waals surface area contributed by atoms with Crippen LogP contribution in [0.25, 0.3) is 66.4 Å². The maximum absolute atomic E-state index is 6.68. The van der Waals surface area contributed by atoms with E-state index in [0.29, 0.717) is 0 Å². The third-order valence-corrected chi connectivity index (χ3v) is 16.9. The molecule has 0 aliphatic heterocycles. The smallest absolute Gasteiger partial charge is 0.137 e. The highest BCUT2D eigenvalue weighted by atomic mass is 16.3. The molecule has 15 rings (SSSR count). The van der Waals surface area contributed by atoms with E-state index in [1.54, 1.807) is 0 Å². The number of anilines is 6. The van der Waals surface area contributed by atoms with Gasteiger partial charge in [-0.15, -0.1) is 0 Å². The first-order valence-electron chi connectivity index (χ1n) is 27.4. The monoisotopic (exact) mass is 1010 g/mol. The molecule has 12 aromatic carbocycles. The van der Waals surface area contributed by atoms with E-state index in [1.807, 2.05) is 0 Å². The fraction of sp³-hybridized carbons (Fsp3) is 0.0526. The van der Waals surface area contributed by atoms with Crippen molar-refractivity contribution in [2.24, 2.45) is 0 Å². The summed E-state index contributed by atoms with van der Waals surface area (Å²) in [7, 11) is 0. The lowest BCUT2D eigenvalue weighted by Gasteiger charge is -2.35. The number of nitrogens with zero attached hydrogens (tertiary/aromatic N) is 2. The highest BCUT2D eigenvalue weighted by molar-refractivity contribution is 6.13. The zero-order valence-corrected chi connectivity index (χ0v) is 44.0. The molecule has 0 saturated heterocycles. The van der Waals surface area contributed by atoms with E-state index in [0.717, 1.165) is 67.2 Å². The lowest BCUT2D eigenvalue weighted by Crippen LogP contribution is -2.28. The summed E-state index contributed by atoms with van der Waals surface area (Å²) in [6.45, 7) is 4.73. The zero-order valence-electron chi connectivity index (χ0n) is 44.0. The average Bonchev–Trinajstić information content (AvgIpc) is 3.48. The summed E-state index contributed by atoms with van der Waals surface area (Å²) in [5.41, 5.74) is 24.6. The zero-order chi connectivity index (χ0) is 52.7. The Hall–Kier alpha value is -9.96. The van der Waals surface area contributed by atoms with Gasteiger partial charge in [-0.05, 0) is 139 Å². The van der Waals surface area contributed by atoms with E-state index in [2.05, 4.69) is 315 Å². The van der Waals surface area contributed by atoms with Gasteiger partial charge in [-0.3, -0.25) is 0 Å². The van der Waals surface area contributed by atoms with Crippen molar-refractivity contribution in [1.29, 1.82) is 0 Å². The van der Waals surface area contributed by atoms with E-state index >= 15 is 0 Å². The topological polar surface area (TPSA) is 19.6 Å². The van der Waals surface area contributed by atoms with Crippen molar-refractivity contribution in [3.8, 4) is 44.5 Å². The summed E-state index contributed by atoms with van der Waals surface area (Å²) in [5, 5.41) is 2.13. The first-order valence-corrected chi connectivity index (χ1v) is 27.4. The molecule has 0 saturated carbocycles. The average molecular weight is 1010 g/mol. The van der Waals surface area contributed by atoms with E-state index in [9.17, 15) is 0 Å². The molecule has 0 bridgehead atoms. The van der Waals surface area contributed by atoms with Gasteiger partial charge in [0.05, 0.1) is 22.2 Å². The van der Waals surface area contributed by atoms with Gasteiger partial charge in [0, 0.05) is 39.1 Å². The van der Waals surface area contributed by atoms with Crippen molar-refractivity contribution in [2.75, 3.05) is 9.80 Å². The summed E-state index contributed by atoms with van der Waals surface area (Å²) in [6.07, 6.45) is 0. The Bertz CT molecular complexity index is 4430. The molecule has 1 aromatic heterocycles. The number of rotatable bonds is 10. The van der Waals surface area contributed by atoms with Crippen LogP contribution in [0.5, 0.6) is 0 Å². The second-order valence-corrected chi connectivity index (χ2v) is 21.6. The van der Waals surface area contributed by atoms with Gasteiger partial charge in [0.2, 0.25) is 0 Å². The maximum atomic E-state index is 6.68. The number of para-hydroxylation sites is 2. The van der Waals surface area contributed by atoms with Crippen LogP contribution in [0, 0.1) is 0 Å². The first-order chi connectivity index (χ1) is 38.9. The molecule has 0 atom stereocenters. The third kappa shape index (κ3) is 7.27. The van der Waals surface area contributed by atoms with Gasteiger partial charge in [0.1, 0.15) is 11.2 Å². The molecule has 3 nitrogen and oxygen atoms in total. The predicted octanol–water partition coefficient (Wildman–Crippen LogP) is 20.5. The summed E-state index contributed by atoms with van der Waals surface area (Å²) in [5.74, 6) is 0. The minimum Gasteiger partial charge on any atom is -0.456 e. The number of fused-ring (bicyclic) bond motifs is 9. The molecule has 2 aliphatic carbocycles. The van der Waals surface area contributed by atoms with Crippen molar-refractivity contribution >= 4 is 56.1 Å². The largest absolute Gasteiger partial charge is 0.456 e. The fourth-order valence-electron chi connectivity index (χ4n) is 13.4. The standard InChI is InChI=1S/C76H54N2O/c1-75(2)66-35-14-9-31-61(66)64-47-46-59(50-69(64)75)77(70-38-17-12-30-60(70)53-44-42-52(43-45-53)51-22-5-3-6-23-51)57-28-20-29-58(49-57)78(71-39-21-41-73-74(71)65-34-13-18-40-72(65)79-73)56-27-19-26-55(48-56)76(54-24-7-4-8-25-54)67-36-15-10-32-62(67)63-33-11-16-37-68(63)76/h3-50H,1-2H3. The van der Waals surface area contributed by atoms with Crippen LogP contribution in [0.1, 0.15) is 47.2 Å². The van der Waals surface area contributed by atoms with Crippen LogP contribution in [0.2, 0.25) is 0 Å². The van der Waals surface area contributed by atoms with Crippen LogP contribution in [0.4, 0.5) is 34.1 Å². The SMILES string of the molecule is CC1(C)c2ccccc2-c2ccc(N(c3cccc(N(c4cccc(C5(c6ccccc6)c6ccccc6-c6ccccc65)c4)c4cccc5oc6ccccc6c45)c3)c3ccccc3-c3ccc(-c4ccccc4)cc3)cc21. The quantitative estimate of drug-likeness (QED) is 0.136. The molecule has 0 fully saturated rings. The predicted molar refractivity (Wildman–Crippen MR) is 329 cm³/mol. The molecule has 79 heavy (non-hydrogen) atoms. The van der Waals surface area contributed by atoms with E-state index in [4.69, 9.17) is 4.42 Å². The van der Waals surface area contributed by atoms with Crippen LogP contribution < -0.4 is 9.80 Å². The Kier molecular flexibility index (Phi) is 10.8. The van der Waals surface area contributed by atoms with Gasteiger partial charge < -0.3 is 14.2 Å². The minimum atomic E-state index is -0.590. The number of hydrogen-bond acceptors (Lipinski definition) is 3. The highest BCUT2D eigenvalue weighted by Crippen LogP contribution is 2.58. The molecule has 0 spiro atoms. The highest BCUT2D eigenvalue weighted by Gasteiger charge is 2.46. The summed E-state index contributed by atoms with van der Waals surface area (Å²) >= 11 is 0. The van der Waals surface area contributed by atoms with E-state index in [-0.39, 0.29) is 5.41 Å². The molecule has 3 heteroatoms. The fourth-order valence-corrected chi connectivity index (χ4v) is 13.4.